The van der Waals surface area contributed by atoms with E-state index in [0.29, 0.717) is 5.56 Å². The summed E-state index contributed by atoms with van der Waals surface area (Å²) in [5, 5.41) is 13.2. The highest BCUT2D eigenvalue weighted by Crippen LogP contribution is 2.11. The Morgan fingerprint density at radius 3 is 2.86 bits per heavy atom. The van der Waals surface area contributed by atoms with E-state index in [9.17, 15) is 14.7 Å². The third kappa shape index (κ3) is 3.86. The zero-order chi connectivity index (χ0) is 15.4. The number of nitrogens with zero attached hydrogens (tertiary/aromatic N) is 1. The van der Waals surface area contributed by atoms with Crippen LogP contribution in [-0.4, -0.2) is 27.2 Å². The topological polar surface area (TPSA) is 110 Å². The second-order valence-electron chi connectivity index (χ2n) is 3.88. The van der Waals surface area contributed by atoms with Crippen molar-refractivity contribution in [1.29, 1.82) is 0 Å². The van der Waals surface area contributed by atoms with Gasteiger partial charge in [-0.2, -0.15) is 5.10 Å². The van der Waals surface area contributed by atoms with Gasteiger partial charge in [-0.1, -0.05) is 22.0 Å². The Hall–Kier alpha value is -2.26. The Morgan fingerprint density at radius 1 is 1.43 bits per heavy atom. The number of H-pyrrole nitrogens is 2. The van der Waals surface area contributed by atoms with Crippen molar-refractivity contribution < 1.29 is 9.90 Å². The van der Waals surface area contributed by atoms with Crippen LogP contribution in [0.15, 0.2) is 38.6 Å². The summed E-state index contributed by atoms with van der Waals surface area (Å²) >= 11 is 7.94. The Kier molecular flexibility index (Phi) is 4.66. The van der Waals surface area contributed by atoms with Gasteiger partial charge in [0.1, 0.15) is 5.56 Å². The predicted octanol–water partition coefficient (Wildman–Crippen LogP) is 1.66. The van der Waals surface area contributed by atoms with Gasteiger partial charge in [0.15, 0.2) is 4.77 Å². The molecular weight excluding hydrogens is 360 g/mol. The first-order chi connectivity index (χ1) is 9.97. The van der Waals surface area contributed by atoms with E-state index < -0.39 is 17.3 Å². The number of hydrazone groups is 1. The molecule has 7 nitrogen and oxygen atoms in total. The summed E-state index contributed by atoms with van der Waals surface area (Å²) in [6.07, 6.45) is 1.02. The first-order valence-corrected chi connectivity index (χ1v) is 6.82. The monoisotopic (exact) mass is 368 g/mol. The first-order valence-electron chi connectivity index (χ1n) is 5.62. The van der Waals surface area contributed by atoms with Gasteiger partial charge in [0.2, 0.25) is 5.88 Å². The SMILES string of the molecule is O=C(NN=Cc1c(O)[nH]c(=S)[nH]c1=O)c1cccc(Br)c1. The Morgan fingerprint density at radius 2 is 2.19 bits per heavy atom. The fraction of sp³-hybridized carbons (Fsp3) is 0. The van der Waals surface area contributed by atoms with Gasteiger partial charge in [0.25, 0.3) is 11.5 Å². The normalized spacial score (nSPS) is 10.7. The molecular formula is C12H9BrN4O3S. The molecule has 0 atom stereocenters. The van der Waals surface area contributed by atoms with Crippen molar-refractivity contribution in [3.8, 4) is 5.88 Å². The fourth-order valence-electron chi connectivity index (χ4n) is 1.45. The van der Waals surface area contributed by atoms with Gasteiger partial charge < -0.3 is 10.1 Å². The maximum atomic E-state index is 11.8. The zero-order valence-corrected chi connectivity index (χ0v) is 12.8. The van der Waals surface area contributed by atoms with Crippen LogP contribution < -0.4 is 11.0 Å². The van der Waals surface area contributed by atoms with E-state index in [1.165, 1.54) is 0 Å². The van der Waals surface area contributed by atoms with Crippen LogP contribution in [0.4, 0.5) is 0 Å². The summed E-state index contributed by atoms with van der Waals surface area (Å²) in [6, 6.07) is 6.72. The Balaban J connectivity index is 2.15. The molecule has 0 fully saturated rings. The van der Waals surface area contributed by atoms with Gasteiger partial charge in [-0.15, -0.1) is 0 Å². The van der Waals surface area contributed by atoms with Gasteiger partial charge in [-0.25, -0.2) is 5.43 Å². The number of carbonyl (C=O) groups is 1. The van der Waals surface area contributed by atoms with Crippen molar-refractivity contribution in [3.63, 3.8) is 0 Å². The molecule has 0 saturated heterocycles. The molecule has 108 valence electrons. The van der Waals surface area contributed by atoms with Crippen molar-refractivity contribution in [3.05, 3.63) is 55.0 Å². The lowest BCUT2D eigenvalue weighted by molar-refractivity contribution is 0.0955. The van der Waals surface area contributed by atoms with Crippen molar-refractivity contribution >= 4 is 40.3 Å². The minimum absolute atomic E-state index is 0.00665. The second kappa shape index (κ2) is 6.46. The standard InChI is InChI=1S/C12H9BrN4O3S/c13-7-3-1-2-6(4-7)9(18)17-14-5-8-10(19)15-12(21)16-11(8)20/h1-5H,(H,17,18)(H3,15,16,19,20,21). The van der Waals surface area contributed by atoms with Gasteiger partial charge in [-0.3, -0.25) is 14.6 Å². The summed E-state index contributed by atoms with van der Waals surface area (Å²) in [5.74, 6) is -0.878. The zero-order valence-electron chi connectivity index (χ0n) is 10.4. The summed E-state index contributed by atoms with van der Waals surface area (Å²) in [7, 11) is 0. The minimum Gasteiger partial charge on any atom is -0.494 e. The molecule has 0 aliphatic rings. The number of carbonyl (C=O) groups excluding carboxylic acids is 1. The maximum Gasteiger partial charge on any atom is 0.271 e. The Labute approximate surface area is 131 Å². The van der Waals surface area contributed by atoms with Crippen LogP contribution in [-0.2, 0) is 0 Å². The minimum atomic E-state index is -0.614. The summed E-state index contributed by atoms with van der Waals surface area (Å²) in [4.78, 5) is 28.0. The molecule has 2 rings (SSSR count). The number of nitrogens with one attached hydrogen (secondary N) is 3. The van der Waals surface area contributed by atoms with Gasteiger partial charge >= 0.3 is 0 Å². The molecule has 1 heterocycles. The van der Waals surface area contributed by atoms with E-state index in [-0.39, 0.29) is 10.3 Å². The molecule has 1 amide bonds. The van der Waals surface area contributed by atoms with Crippen LogP contribution in [0, 0.1) is 4.77 Å². The quantitative estimate of drug-likeness (QED) is 0.375. The van der Waals surface area contributed by atoms with Gasteiger partial charge in [0, 0.05) is 10.0 Å². The predicted molar refractivity (Wildman–Crippen MR) is 83.1 cm³/mol. The summed E-state index contributed by atoms with van der Waals surface area (Å²) in [6.45, 7) is 0. The number of benzene rings is 1. The fourth-order valence-corrected chi connectivity index (χ4v) is 2.04. The third-order valence-corrected chi connectivity index (χ3v) is 3.10. The number of rotatable bonds is 3. The molecule has 0 saturated carbocycles. The number of amides is 1. The molecule has 1 aromatic carbocycles. The van der Waals surface area contributed by atoms with Crippen LogP contribution >= 0.6 is 28.1 Å². The highest BCUT2D eigenvalue weighted by Gasteiger charge is 2.06. The lowest BCUT2D eigenvalue weighted by Gasteiger charge is -2.00. The number of hydrogen-bond acceptors (Lipinski definition) is 5. The molecule has 4 N–H and O–H groups in total. The number of aromatic nitrogens is 2. The number of halogens is 1. The molecule has 9 heteroatoms. The van der Waals surface area contributed by atoms with E-state index >= 15 is 0 Å². The van der Waals surface area contributed by atoms with E-state index in [1.54, 1.807) is 24.3 Å². The molecule has 0 aliphatic heterocycles. The van der Waals surface area contributed by atoms with Crippen molar-refractivity contribution in [2.45, 2.75) is 0 Å². The second-order valence-corrected chi connectivity index (χ2v) is 5.20. The lowest BCUT2D eigenvalue weighted by Crippen LogP contribution is -2.19. The lowest BCUT2D eigenvalue weighted by atomic mass is 10.2. The van der Waals surface area contributed by atoms with E-state index in [4.69, 9.17) is 0 Å². The van der Waals surface area contributed by atoms with Gasteiger partial charge in [-0.05, 0) is 30.4 Å². The first kappa shape index (κ1) is 15.1. The van der Waals surface area contributed by atoms with E-state index in [2.05, 4.69) is 48.6 Å². The third-order valence-electron chi connectivity index (χ3n) is 2.41. The molecule has 1 aromatic heterocycles. The van der Waals surface area contributed by atoms with Crippen molar-refractivity contribution in [2.75, 3.05) is 0 Å². The highest BCUT2D eigenvalue weighted by molar-refractivity contribution is 9.10. The largest absolute Gasteiger partial charge is 0.494 e. The smallest absolute Gasteiger partial charge is 0.271 e. The number of aromatic amines is 2. The average Bonchev–Trinajstić information content (AvgIpc) is 2.41. The van der Waals surface area contributed by atoms with Crippen LogP contribution in [0.1, 0.15) is 15.9 Å². The maximum absolute atomic E-state index is 11.8. The number of hydrogen-bond donors (Lipinski definition) is 4. The number of aromatic hydroxyl groups is 1. The molecule has 0 aliphatic carbocycles. The highest BCUT2D eigenvalue weighted by atomic mass is 79.9. The summed E-state index contributed by atoms with van der Waals surface area (Å²) < 4.78 is 0.747. The van der Waals surface area contributed by atoms with Crippen molar-refractivity contribution in [2.24, 2.45) is 5.10 Å². The molecule has 0 radical (unpaired) electrons. The van der Waals surface area contributed by atoms with Gasteiger partial charge in [0.05, 0.1) is 6.21 Å². The van der Waals surface area contributed by atoms with Crippen molar-refractivity contribution in [1.82, 2.24) is 15.4 Å². The molecule has 0 bridgehead atoms. The van der Waals surface area contributed by atoms with Crippen LogP contribution in [0.25, 0.3) is 0 Å². The molecule has 0 unspecified atom stereocenters. The molecule has 21 heavy (non-hydrogen) atoms. The van der Waals surface area contributed by atoms with E-state index in [1.807, 2.05) is 0 Å². The van der Waals surface area contributed by atoms with Crippen LogP contribution in [0.3, 0.4) is 0 Å². The van der Waals surface area contributed by atoms with E-state index in [0.717, 1.165) is 10.7 Å². The average molecular weight is 369 g/mol. The Bertz CT molecular complexity index is 828. The van der Waals surface area contributed by atoms with Crippen LogP contribution in [0.2, 0.25) is 0 Å². The molecule has 2 aromatic rings. The molecule has 0 spiro atoms. The van der Waals surface area contributed by atoms with Crippen LogP contribution in [0.5, 0.6) is 5.88 Å². The summed E-state index contributed by atoms with van der Waals surface area (Å²) in [5.41, 5.74) is 1.89.